The average Bonchev–Trinajstić information content (AvgIpc) is 3.01. The van der Waals surface area contributed by atoms with E-state index in [0.29, 0.717) is 11.8 Å². The highest BCUT2D eigenvalue weighted by molar-refractivity contribution is 5.94. The number of hydrogen-bond donors (Lipinski definition) is 2. The number of benzene rings is 1. The lowest BCUT2D eigenvalue weighted by Gasteiger charge is -2.35. The van der Waals surface area contributed by atoms with Gasteiger partial charge >= 0.3 is 0 Å². The Hall–Kier alpha value is -1.79. The number of likely N-dealkylation sites (N-methyl/N-ethyl adjacent to an activating group) is 1. The zero-order valence-corrected chi connectivity index (χ0v) is 13.1. The number of hydrogen-bond acceptors (Lipinski definition) is 5. The molecule has 2 unspecified atom stereocenters. The number of ether oxygens (including phenoxy) is 2. The molecule has 1 fully saturated rings. The zero-order valence-electron chi connectivity index (χ0n) is 13.1. The maximum Gasteiger partial charge on any atom is 0.241 e. The van der Waals surface area contributed by atoms with Crippen molar-refractivity contribution < 1.29 is 14.3 Å². The number of nitrogens with one attached hydrogen (secondary N) is 2. The zero-order chi connectivity index (χ0) is 15.5. The predicted octanol–water partition coefficient (Wildman–Crippen LogP) is 1.43. The van der Waals surface area contributed by atoms with Gasteiger partial charge in [-0.05, 0) is 45.5 Å². The van der Waals surface area contributed by atoms with Gasteiger partial charge in [-0.1, -0.05) is 0 Å². The molecule has 2 N–H and O–H groups in total. The van der Waals surface area contributed by atoms with Crippen molar-refractivity contribution in [3.63, 3.8) is 0 Å². The van der Waals surface area contributed by atoms with Crippen LogP contribution in [0.4, 0.5) is 5.69 Å². The summed E-state index contributed by atoms with van der Waals surface area (Å²) >= 11 is 0. The number of carbonyl (C=O) groups excluding carboxylic acids is 1. The number of carbonyl (C=O) groups is 1. The Bertz CT molecular complexity index is 549. The van der Waals surface area contributed by atoms with Crippen molar-refractivity contribution in [1.82, 2.24) is 10.2 Å². The van der Waals surface area contributed by atoms with E-state index in [1.807, 2.05) is 26.1 Å². The largest absolute Gasteiger partial charge is 0.454 e. The summed E-state index contributed by atoms with van der Waals surface area (Å²) in [4.78, 5) is 14.7. The standard InChI is InChI=1S/C16H23N3O3/c1-11(19-7-3-4-13(9-19)17-2)16(20)18-12-5-6-14-15(8-12)22-10-21-14/h5-6,8,11,13,17H,3-4,7,9-10H2,1-2H3,(H,18,20). The van der Waals surface area contributed by atoms with E-state index >= 15 is 0 Å². The Labute approximate surface area is 130 Å². The molecule has 6 nitrogen and oxygen atoms in total. The topological polar surface area (TPSA) is 62.8 Å². The fourth-order valence-corrected chi connectivity index (χ4v) is 2.98. The third-order valence-electron chi connectivity index (χ3n) is 4.43. The first-order valence-corrected chi connectivity index (χ1v) is 7.79. The number of nitrogens with zero attached hydrogens (tertiary/aromatic N) is 1. The van der Waals surface area contributed by atoms with Gasteiger partial charge in [0.1, 0.15) is 0 Å². The summed E-state index contributed by atoms with van der Waals surface area (Å²) in [5.41, 5.74) is 0.739. The molecule has 1 saturated heterocycles. The highest BCUT2D eigenvalue weighted by Crippen LogP contribution is 2.34. The van der Waals surface area contributed by atoms with Crippen molar-refractivity contribution in [2.75, 3.05) is 32.2 Å². The molecule has 1 amide bonds. The van der Waals surface area contributed by atoms with Gasteiger partial charge in [0.25, 0.3) is 0 Å². The Kier molecular flexibility index (Phi) is 4.49. The summed E-state index contributed by atoms with van der Waals surface area (Å²) in [7, 11) is 1.98. The summed E-state index contributed by atoms with van der Waals surface area (Å²) in [6.45, 7) is 4.07. The molecule has 2 atom stereocenters. The van der Waals surface area contributed by atoms with Crippen molar-refractivity contribution in [3.05, 3.63) is 18.2 Å². The lowest BCUT2D eigenvalue weighted by atomic mass is 10.0. The second kappa shape index (κ2) is 6.54. The molecule has 0 spiro atoms. The SMILES string of the molecule is CNC1CCCN(C(C)C(=O)Nc2ccc3c(c2)OCO3)C1. The molecule has 3 rings (SSSR count). The monoisotopic (exact) mass is 305 g/mol. The number of likely N-dealkylation sites (tertiary alicyclic amines) is 1. The second-order valence-electron chi connectivity index (χ2n) is 5.86. The normalized spacial score (nSPS) is 22.4. The van der Waals surface area contributed by atoms with Gasteiger partial charge in [-0.2, -0.15) is 0 Å². The van der Waals surface area contributed by atoms with E-state index in [2.05, 4.69) is 15.5 Å². The third kappa shape index (κ3) is 3.18. The van der Waals surface area contributed by atoms with Crippen molar-refractivity contribution in [2.45, 2.75) is 31.8 Å². The lowest BCUT2D eigenvalue weighted by molar-refractivity contribution is -0.121. The highest BCUT2D eigenvalue weighted by Gasteiger charge is 2.27. The predicted molar refractivity (Wildman–Crippen MR) is 84.3 cm³/mol. The number of piperidine rings is 1. The van der Waals surface area contributed by atoms with Gasteiger partial charge in [0.05, 0.1) is 6.04 Å². The number of anilines is 1. The molecule has 1 aromatic carbocycles. The minimum atomic E-state index is -0.151. The quantitative estimate of drug-likeness (QED) is 0.881. The van der Waals surface area contributed by atoms with Crippen molar-refractivity contribution in [3.8, 4) is 11.5 Å². The van der Waals surface area contributed by atoms with Gasteiger partial charge in [-0.3, -0.25) is 9.69 Å². The van der Waals surface area contributed by atoms with Crippen LogP contribution in [-0.2, 0) is 4.79 Å². The van der Waals surface area contributed by atoms with Crippen LogP contribution >= 0.6 is 0 Å². The van der Waals surface area contributed by atoms with Gasteiger partial charge in [0.2, 0.25) is 12.7 Å². The molecule has 0 bridgehead atoms. The van der Waals surface area contributed by atoms with Crippen molar-refractivity contribution in [2.24, 2.45) is 0 Å². The fourth-order valence-electron chi connectivity index (χ4n) is 2.98. The molecular weight excluding hydrogens is 282 g/mol. The van der Waals surface area contributed by atoms with Crippen molar-refractivity contribution >= 4 is 11.6 Å². The number of rotatable bonds is 4. The molecule has 6 heteroatoms. The number of fused-ring (bicyclic) bond motifs is 1. The first-order valence-electron chi connectivity index (χ1n) is 7.79. The van der Waals surface area contributed by atoms with Gasteiger partial charge in [0.15, 0.2) is 11.5 Å². The van der Waals surface area contributed by atoms with E-state index < -0.39 is 0 Å². The van der Waals surface area contributed by atoms with Crippen LogP contribution in [0.2, 0.25) is 0 Å². The van der Waals surface area contributed by atoms with Crippen LogP contribution in [0.1, 0.15) is 19.8 Å². The van der Waals surface area contributed by atoms with E-state index in [-0.39, 0.29) is 18.7 Å². The first-order chi connectivity index (χ1) is 10.7. The summed E-state index contributed by atoms with van der Waals surface area (Å²) in [6.07, 6.45) is 2.29. The third-order valence-corrected chi connectivity index (χ3v) is 4.43. The van der Waals surface area contributed by atoms with Gasteiger partial charge in [-0.15, -0.1) is 0 Å². The Morgan fingerprint density at radius 3 is 3.00 bits per heavy atom. The lowest BCUT2D eigenvalue weighted by Crippen LogP contribution is -2.51. The minimum Gasteiger partial charge on any atom is -0.454 e. The molecule has 2 heterocycles. The smallest absolute Gasteiger partial charge is 0.241 e. The van der Waals surface area contributed by atoms with Crippen LogP contribution in [0.25, 0.3) is 0 Å². The maximum atomic E-state index is 12.5. The molecule has 0 saturated carbocycles. The molecule has 22 heavy (non-hydrogen) atoms. The molecule has 2 aliphatic rings. The van der Waals surface area contributed by atoms with Crippen LogP contribution in [0.5, 0.6) is 11.5 Å². The average molecular weight is 305 g/mol. The summed E-state index contributed by atoms with van der Waals surface area (Å²) < 4.78 is 10.6. The molecule has 0 radical (unpaired) electrons. The van der Waals surface area contributed by atoms with E-state index in [0.717, 1.165) is 30.9 Å². The molecule has 0 aliphatic carbocycles. The molecule has 2 aliphatic heterocycles. The number of amides is 1. The Balaban J connectivity index is 1.61. The second-order valence-corrected chi connectivity index (χ2v) is 5.86. The molecule has 0 aromatic heterocycles. The van der Waals surface area contributed by atoms with Gasteiger partial charge < -0.3 is 20.1 Å². The van der Waals surface area contributed by atoms with E-state index in [9.17, 15) is 4.79 Å². The van der Waals surface area contributed by atoms with Crippen LogP contribution in [0.15, 0.2) is 18.2 Å². The van der Waals surface area contributed by atoms with Crippen molar-refractivity contribution in [1.29, 1.82) is 0 Å². The molecular formula is C16H23N3O3. The fraction of sp³-hybridized carbons (Fsp3) is 0.562. The van der Waals surface area contributed by atoms with Crippen LogP contribution in [-0.4, -0.2) is 49.8 Å². The summed E-state index contributed by atoms with van der Waals surface area (Å²) in [5, 5.41) is 6.27. The highest BCUT2D eigenvalue weighted by atomic mass is 16.7. The van der Waals surface area contributed by atoms with Crippen LogP contribution < -0.4 is 20.1 Å². The first kappa shape index (κ1) is 15.1. The maximum absolute atomic E-state index is 12.5. The van der Waals surface area contributed by atoms with E-state index in [4.69, 9.17) is 9.47 Å². The van der Waals surface area contributed by atoms with Crippen LogP contribution in [0.3, 0.4) is 0 Å². The van der Waals surface area contributed by atoms with Gasteiger partial charge in [-0.25, -0.2) is 0 Å². The molecule has 120 valence electrons. The minimum absolute atomic E-state index is 0.00983. The van der Waals surface area contributed by atoms with Gasteiger partial charge in [0, 0.05) is 24.3 Å². The molecule has 1 aromatic rings. The van der Waals surface area contributed by atoms with Crippen LogP contribution in [0, 0.1) is 0 Å². The summed E-state index contributed by atoms with van der Waals surface area (Å²) in [6, 6.07) is 5.78. The summed E-state index contributed by atoms with van der Waals surface area (Å²) in [5.74, 6) is 1.41. The van der Waals surface area contributed by atoms with E-state index in [1.54, 1.807) is 6.07 Å². The van der Waals surface area contributed by atoms with E-state index in [1.165, 1.54) is 6.42 Å². The Morgan fingerprint density at radius 2 is 2.18 bits per heavy atom. The Morgan fingerprint density at radius 1 is 1.36 bits per heavy atom.